The lowest BCUT2D eigenvalue weighted by Crippen LogP contribution is -1.97. The maximum Gasteiger partial charge on any atom is 0.148 e. The maximum absolute atomic E-state index is 13.5. The predicted octanol–water partition coefficient (Wildman–Crippen LogP) is 4.66. The van der Waals surface area contributed by atoms with Crippen LogP contribution in [0.3, 0.4) is 0 Å². The zero-order valence-electron chi connectivity index (χ0n) is 14.5. The average Bonchev–Trinajstić information content (AvgIpc) is 3.21. The molecule has 0 aliphatic rings. The standard InChI is InChI=1S/C20H18FN5/c1-13-9-14(3-4-15-7-8-26(2)25-15)11-23-20(13)24-16-5-6-17-18(21)12-22-19(17)10-16/h3-12,22H,1-2H3,(H,23,24)/b4-3+. The van der Waals surface area contributed by atoms with E-state index in [1.54, 1.807) is 10.7 Å². The first-order chi connectivity index (χ1) is 12.6. The van der Waals surface area contributed by atoms with Crippen LogP contribution in [0.15, 0.2) is 48.9 Å². The second-order valence-electron chi connectivity index (χ2n) is 6.20. The number of rotatable bonds is 4. The van der Waals surface area contributed by atoms with Crippen molar-refractivity contribution in [3.05, 3.63) is 71.6 Å². The second-order valence-corrected chi connectivity index (χ2v) is 6.20. The van der Waals surface area contributed by atoms with E-state index in [0.717, 1.165) is 33.8 Å². The summed E-state index contributed by atoms with van der Waals surface area (Å²) in [7, 11) is 1.89. The summed E-state index contributed by atoms with van der Waals surface area (Å²) in [6.07, 6.45) is 9.02. The van der Waals surface area contributed by atoms with Crippen LogP contribution in [0.2, 0.25) is 0 Å². The summed E-state index contributed by atoms with van der Waals surface area (Å²) in [5.74, 6) is 0.524. The van der Waals surface area contributed by atoms with Crippen LogP contribution in [-0.2, 0) is 7.05 Å². The lowest BCUT2D eigenvalue weighted by atomic mass is 10.1. The molecule has 5 nitrogen and oxygen atoms in total. The van der Waals surface area contributed by atoms with E-state index in [4.69, 9.17) is 0 Å². The van der Waals surface area contributed by atoms with Gasteiger partial charge in [-0.2, -0.15) is 5.10 Å². The number of pyridine rings is 1. The smallest absolute Gasteiger partial charge is 0.148 e. The zero-order chi connectivity index (χ0) is 18.1. The van der Waals surface area contributed by atoms with Crippen molar-refractivity contribution in [2.45, 2.75) is 6.92 Å². The van der Waals surface area contributed by atoms with E-state index in [2.05, 4.69) is 26.4 Å². The molecule has 3 heterocycles. The van der Waals surface area contributed by atoms with Crippen molar-refractivity contribution in [2.75, 3.05) is 5.32 Å². The highest BCUT2D eigenvalue weighted by Crippen LogP contribution is 2.24. The Morgan fingerprint density at radius 1 is 1.19 bits per heavy atom. The normalized spacial score (nSPS) is 11.5. The number of hydrogen-bond acceptors (Lipinski definition) is 3. The first-order valence-corrected chi connectivity index (χ1v) is 8.26. The van der Waals surface area contributed by atoms with Crippen LogP contribution in [0, 0.1) is 12.7 Å². The molecule has 0 spiro atoms. The SMILES string of the molecule is Cc1cc(/C=C/c2ccn(C)n2)cnc1Nc1ccc2c(F)c[nH]c2c1. The Balaban J connectivity index is 1.54. The van der Waals surface area contributed by atoms with Gasteiger partial charge in [0.2, 0.25) is 0 Å². The quantitative estimate of drug-likeness (QED) is 0.564. The van der Waals surface area contributed by atoms with E-state index in [9.17, 15) is 4.39 Å². The van der Waals surface area contributed by atoms with Crippen LogP contribution in [-0.4, -0.2) is 19.7 Å². The number of halogens is 1. The van der Waals surface area contributed by atoms with Crippen molar-refractivity contribution in [1.29, 1.82) is 0 Å². The van der Waals surface area contributed by atoms with E-state index in [1.807, 2.05) is 56.7 Å². The van der Waals surface area contributed by atoms with Gasteiger partial charge in [-0.3, -0.25) is 4.68 Å². The number of aryl methyl sites for hydroxylation is 2. The molecule has 4 aromatic rings. The average molecular weight is 347 g/mol. The number of anilines is 2. The van der Waals surface area contributed by atoms with E-state index in [0.29, 0.717) is 5.39 Å². The van der Waals surface area contributed by atoms with E-state index < -0.39 is 0 Å². The van der Waals surface area contributed by atoms with E-state index >= 15 is 0 Å². The molecule has 1 aromatic carbocycles. The molecule has 130 valence electrons. The Kier molecular flexibility index (Phi) is 4.01. The number of benzene rings is 1. The van der Waals surface area contributed by atoms with Crippen molar-refractivity contribution in [3.8, 4) is 0 Å². The molecular weight excluding hydrogens is 329 g/mol. The fraction of sp³-hybridized carbons (Fsp3) is 0.100. The number of aromatic amines is 1. The summed E-state index contributed by atoms with van der Waals surface area (Å²) >= 11 is 0. The molecule has 0 aliphatic heterocycles. The molecule has 0 fully saturated rings. The van der Waals surface area contributed by atoms with Gasteiger partial charge >= 0.3 is 0 Å². The molecular formula is C20H18FN5. The Bertz CT molecular complexity index is 1110. The van der Waals surface area contributed by atoms with Gasteiger partial charge in [0, 0.05) is 36.7 Å². The largest absolute Gasteiger partial charge is 0.358 e. The molecule has 0 saturated heterocycles. The number of fused-ring (bicyclic) bond motifs is 1. The highest BCUT2D eigenvalue weighted by Gasteiger charge is 2.06. The van der Waals surface area contributed by atoms with Crippen LogP contribution in [0.25, 0.3) is 23.1 Å². The van der Waals surface area contributed by atoms with Gasteiger partial charge in [-0.15, -0.1) is 0 Å². The van der Waals surface area contributed by atoms with Gasteiger partial charge in [0.05, 0.1) is 11.2 Å². The molecule has 0 saturated carbocycles. The van der Waals surface area contributed by atoms with Crippen LogP contribution >= 0.6 is 0 Å². The molecule has 26 heavy (non-hydrogen) atoms. The minimum Gasteiger partial charge on any atom is -0.358 e. The van der Waals surface area contributed by atoms with Crippen molar-refractivity contribution in [3.63, 3.8) is 0 Å². The van der Waals surface area contributed by atoms with Crippen LogP contribution in [0.5, 0.6) is 0 Å². The molecule has 4 rings (SSSR count). The highest BCUT2D eigenvalue weighted by atomic mass is 19.1. The number of H-pyrrole nitrogens is 1. The van der Waals surface area contributed by atoms with Gasteiger partial charge in [-0.05, 0) is 54.5 Å². The third-order valence-electron chi connectivity index (χ3n) is 4.17. The number of hydrogen-bond donors (Lipinski definition) is 2. The molecule has 3 aromatic heterocycles. The Morgan fingerprint density at radius 3 is 2.85 bits per heavy atom. The van der Waals surface area contributed by atoms with Crippen molar-refractivity contribution in [2.24, 2.45) is 7.05 Å². The summed E-state index contributed by atoms with van der Waals surface area (Å²) < 4.78 is 15.3. The lowest BCUT2D eigenvalue weighted by molar-refractivity contribution is 0.639. The van der Waals surface area contributed by atoms with Gasteiger partial charge in [-0.25, -0.2) is 9.37 Å². The minimum absolute atomic E-state index is 0.245. The third kappa shape index (κ3) is 3.21. The molecule has 0 bridgehead atoms. The zero-order valence-corrected chi connectivity index (χ0v) is 14.5. The first kappa shape index (κ1) is 16.1. The van der Waals surface area contributed by atoms with Gasteiger partial charge < -0.3 is 10.3 Å². The summed E-state index contributed by atoms with van der Waals surface area (Å²) in [5.41, 5.74) is 4.53. The Labute approximate surface area is 150 Å². The topological polar surface area (TPSA) is 58.5 Å². The Hall–Kier alpha value is -3.41. The molecule has 0 amide bonds. The molecule has 0 atom stereocenters. The summed E-state index contributed by atoms with van der Waals surface area (Å²) in [6, 6.07) is 9.47. The van der Waals surface area contributed by atoms with E-state index in [-0.39, 0.29) is 5.82 Å². The van der Waals surface area contributed by atoms with E-state index in [1.165, 1.54) is 6.20 Å². The highest BCUT2D eigenvalue weighted by molar-refractivity contribution is 5.84. The number of nitrogens with zero attached hydrogens (tertiary/aromatic N) is 3. The molecule has 2 N–H and O–H groups in total. The molecule has 0 radical (unpaired) electrons. The monoisotopic (exact) mass is 347 g/mol. The fourth-order valence-electron chi connectivity index (χ4n) is 2.83. The number of aromatic nitrogens is 4. The van der Waals surface area contributed by atoms with Crippen molar-refractivity contribution in [1.82, 2.24) is 19.7 Å². The summed E-state index contributed by atoms with van der Waals surface area (Å²) in [5, 5.41) is 8.18. The fourth-order valence-corrected chi connectivity index (χ4v) is 2.83. The first-order valence-electron chi connectivity index (χ1n) is 8.26. The summed E-state index contributed by atoms with van der Waals surface area (Å²) in [4.78, 5) is 7.42. The third-order valence-corrected chi connectivity index (χ3v) is 4.17. The van der Waals surface area contributed by atoms with Gasteiger partial charge in [-0.1, -0.05) is 6.08 Å². The molecule has 0 aliphatic carbocycles. The minimum atomic E-state index is -0.245. The maximum atomic E-state index is 13.5. The Morgan fingerprint density at radius 2 is 2.08 bits per heavy atom. The second kappa shape index (κ2) is 6.48. The number of nitrogens with one attached hydrogen (secondary N) is 2. The molecule has 6 heteroatoms. The van der Waals surface area contributed by atoms with Crippen molar-refractivity contribution >= 4 is 34.6 Å². The van der Waals surface area contributed by atoms with Gasteiger partial charge in [0.1, 0.15) is 11.6 Å². The predicted molar refractivity (Wildman–Crippen MR) is 103 cm³/mol. The van der Waals surface area contributed by atoms with Gasteiger partial charge in [0.15, 0.2) is 0 Å². The van der Waals surface area contributed by atoms with Gasteiger partial charge in [0.25, 0.3) is 0 Å². The van der Waals surface area contributed by atoms with Crippen molar-refractivity contribution < 1.29 is 4.39 Å². The lowest BCUT2D eigenvalue weighted by Gasteiger charge is -2.09. The molecule has 0 unspecified atom stereocenters. The van der Waals surface area contributed by atoms with Crippen LogP contribution in [0.4, 0.5) is 15.9 Å². The van der Waals surface area contributed by atoms with Crippen LogP contribution < -0.4 is 5.32 Å². The van der Waals surface area contributed by atoms with Crippen LogP contribution in [0.1, 0.15) is 16.8 Å². The summed E-state index contributed by atoms with van der Waals surface area (Å²) in [6.45, 7) is 2.00.